The Balaban J connectivity index is 0.00000163. The first-order valence-corrected chi connectivity index (χ1v) is 9.41. The zero-order valence-corrected chi connectivity index (χ0v) is 16.5. The number of amides is 1. The van der Waals surface area contributed by atoms with Crippen LogP contribution in [0.1, 0.15) is 71.2 Å². The van der Waals surface area contributed by atoms with Crippen molar-refractivity contribution >= 4 is 17.3 Å². The Morgan fingerprint density at radius 3 is 2.04 bits per heavy atom. The van der Waals surface area contributed by atoms with Gasteiger partial charge in [0.05, 0.1) is 11.4 Å². The maximum Gasteiger partial charge on any atom is 0.253 e. The highest BCUT2D eigenvalue weighted by atomic mass is 16.2. The van der Waals surface area contributed by atoms with Gasteiger partial charge in [0.25, 0.3) is 5.91 Å². The second-order valence-electron chi connectivity index (χ2n) is 6.05. The SMILES string of the molecule is CCC.CCC(CC)CNc1ccc(C(=O)N(CC)CC)cc1N. The minimum atomic E-state index is 0.0400. The molecule has 0 radical (unpaired) electrons. The van der Waals surface area contributed by atoms with Crippen LogP contribution in [-0.2, 0) is 0 Å². The summed E-state index contributed by atoms with van der Waals surface area (Å²) in [5.41, 5.74) is 8.29. The van der Waals surface area contributed by atoms with Gasteiger partial charge in [-0.05, 0) is 38.0 Å². The van der Waals surface area contributed by atoms with E-state index in [-0.39, 0.29) is 5.91 Å². The summed E-state index contributed by atoms with van der Waals surface area (Å²) in [6.07, 6.45) is 3.56. The highest BCUT2D eigenvalue weighted by Crippen LogP contribution is 2.22. The number of nitrogen functional groups attached to an aromatic ring is 1. The van der Waals surface area contributed by atoms with Crippen LogP contribution >= 0.6 is 0 Å². The Labute approximate surface area is 148 Å². The zero-order valence-electron chi connectivity index (χ0n) is 16.5. The van der Waals surface area contributed by atoms with Crippen molar-refractivity contribution in [3.05, 3.63) is 23.8 Å². The van der Waals surface area contributed by atoms with E-state index in [1.807, 2.05) is 26.0 Å². The first-order chi connectivity index (χ1) is 11.5. The average Bonchev–Trinajstić information content (AvgIpc) is 2.58. The Kier molecular flexibility index (Phi) is 11.8. The predicted molar refractivity (Wildman–Crippen MR) is 107 cm³/mol. The zero-order chi connectivity index (χ0) is 18.5. The summed E-state index contributed by atoms with van der Waals surface area (Å²) in [5, 5.41) is 3.39. The molecule has 0 saturated carbocycles. The maximum atomic E-state index is 12.3. The molecule has 1 amide bonds. The summed E-state index contributed by atoms with van der Waals surface area (Å²) in [6, 6.07) is 5.54. The summed E-state index contributed by atoms with van der Waals surface area (Å²) in [4.78, 5) is 14.1. The van der Waals surface area contributed by atoms with Gasteiger partial charge >= 0.3 is 0 Å². The summed E-state index contributed by atoms with van der Waals surface area (Å²) in [7, 11) is 0. The minimum Gasteiger partial charge on any atom is -0.397 e. The number of nitrogens with two attached hydrogens (primary N) is 1. The molecular formula is C20H37N3O. The van der Waals surface area contributed by atoms with Crippen LogP contribution in [0.2, 0.25) is 0 Å². The van der Waals surface area contributed by atoms with Crippen molar-refractivity contribution in [2.75, 3.05) is 30.7 Å². The van der Waals surface area contributed by atoms with Crippen LogP contribution in [0.5, 0.6) is 0 Å². The van der Waals surface area contributed by atoms with Crippen molar-refractivity contribution in [2.45, 2.75) is 60.8 Å². The van der Waals surface area contributed by atoms with Crippen molar-refractivity contribution in [3.8, 4) is 0 Å². The molecule has 1 aromatic carbocycles. The van der Waals surface area contributed by atoms with Gasteiger partial charge in [-0.2, -0.15) is 0 Å². The number of benzene rings is 1. The van der Waals surface area contributed by atoms with E-state index in [2.05, 4.69) is 33.0 Å². The first-order valence-electron chi connectivity index (χ1n) is 9.41. The van der Waals surface area contributed by atoms with Gasteiger partial charge in [0.15, 0.2) is 0 Å². The molecule has 4 heteroatoms. The molecule has 0 aromatic heterocycles. The Morgan fingerprint density at radius 2 is 1.62 bits per heavy atom. The molecule has 1 aromatic rings. The lowest BCUT2D eigenvalue weighted by molar-refractivity contribution is 0.0773. The van der Waals surface area contributed by atoms with Gasteiger partial charge in [0.1, 0.15) is 0 Å². The van der Waals surface area contributed by atoms with Gasteiger partial charge in [0.2, 0.25) is 0 Å². The van der Waals surface area contributed by atoms with Crippen molar-refractivity contribution < 1.29 is 4.79 Å². The van der Waals surface area contributed by atoms with Crippen molar-refractivity contribution in [1.29, 1.82) is 0 Å². The van der Waals surface area contributed by atoms with Crippen molar-refractivity contribution in [2.24, 2.45) is 5.92 Å². The largest absolute Gasteiger partial charge is 0.397 e. The fourth-order valence-electron chi connectivity index (χ4n) is 2.38. The van der Waals surface area contributed by atoms with Crippen molar-refractivity contribution in [1.82, 2.24) is 4.90 Å². The topological polar surface area (TPSA) is 58.4 Å². The minimum absolute atomic E-state index is 0.0400. The first kappa shape index (κ1) is 22.3. The Bertz CT molecular complexity index is 466. The van der Waals surface area contributed by atoms with Crippen LogP contribution in [0.4, 0.5) is 11.4 Å². The van der Waals surface area contributed by atoms with Gasteiger partial charge in [0, 0.05) is 25.2 Å². The number of carbonyl (C=O) groups is 1. The van der Waals surface area contributed by atoms with Crippen LogP contribution in [0.15, 0.2) is 18.2 Å². The average molecular weight is 336 g/mol. The summed E-state index contributed by atoms with van der Waals surface area (Å²) < 4.78 is 0. The van der Waals surface area contributed by atoms with E-state index in [9.17, 15) is 4.79 Å². The van der Waals surface area contributed by atoms with Crippen LogP contribution in [0.25, 0.3) is 0 Å². The molecule has 0 unspecified atom stereocenters. The highest BCUT2D eigenvalue weighted by molar-refractivity contribution is 5.96. The summed E-state index contributed by atoms with van der Waals surface area (Å²) in [5.74, 6) is 0.694. The van der Waals surface area contributed by atoms with E-state index in [1.165, 1.54) is 6.42 Å². The fourth-order valence-corrected chi connectivity index (χ4v) is 2.38. The molecule has 0 atom stereocenters. The molecule has 0 aliphatic rings. The fraction of sp³-hybridized carbons (Fsp3) is 0.650. The third kappa shape index (κ3) is 7.24. The normalized spacial score (nSPS) is 10.1. The van der Waals surface area contributed by atoms with Gasteiger partial charge in [-0.1, -0.05) is 47.0 Å². The third-order valence-corrected chi connectivity index (χ3v) is 4.09. The smallest absolute Gasteiger partial charge is 0.253 e. The van der Waals surface area contributed by atoms with Crippen molar-refractivity contribution in [3.63, 3.8) is 0 Å². The highest BCUT2D eigenvalue weighted by Gasteiger charge is 2.14. The van der Waals surface area contributed by atoms with Gasteiger partial charge in [-0.25, -0.2) is 0 Å². The van der Waals surface area contributed by atoms with Gasteiger partial charge in [-0.15, -0.1) is 0 Å². The number of rotatable bonds is 8. The number of nitrogens with zero attached hydrogens (tertiary/aromatic N) is 1. The molecule has 0 bridgehead atoms. The molecular weight excluding hydrogens is 298 g/mol. The van der Waals surface area contributed by atoms with Crippen LogP contribution in [0.3, 0.4) is 0 Å². The number of anilines is 2. The van der Waals surface area contributed by atoms with Gasteiger partial charge in [-0.3, -0.25) is 4.79 Å². The number of carbonyl (C=O) groups excluding carboxylic acids is 1. The van der Waals surface area contributed by atoms with Gasteiger partial charge < -0.3 is 16.0 Å². The number of hydrogen-bond acceptors (Lipinski definition) is 3. The van der Waals surface area contributed by atoms with E-state index in [4.69, 9.17) is 5.73 Å². The maximum absolute atomic E-state index is 12.3. The molecule has 1 rings (SSSR count). The Morgan fingerprint density at radius 1 is 1.08 bits per heavy atom. The van der Waals surface area contributed by atoms with Crippen LogP contribution in [0, 0.1) is 5.92 Å². The second-order valence-corrected chi connectivity index (χ2v) is 6.05. The van der Waals surface area contributed by atoms with E-state index in [1.54, 1.807) is 11.0 Å². The van der Waals surface area contributed by atoms with Crippen LogP contribution < -0.4 is 11.1 Å². The summed E-state index contributed by atoms with van der Waals surface area (Å²) >= 11 is 0. The standard InChI is InChI=1S/C17H29N3O.C3H8/c1-5-13(6-2)12-19-16-10-9-14(11-15(16)18)17(21)20(7-3)8-4;1-3-2/h9-11,13,19H,5-8,12,18H2,1-4H3;3H2,1-2H3. The van der Waals surface area contributed by atoms with E-state index in [0.29, 0.717) is 30.3 Å². The molecule has 0 fully saturated rings. The molecule has 138 valence electrons. The molecule has 0 spiro atoms. The summed E-state index contributed by atoms with van der Waals surface area (Å²) in [6.45, 7) is 15.0. The molecule has 0 aliphatic carbocycles. The second kappa shape index (κ2) is 12.7. The van der Waals surface area contributed by atoms with E-state index in [0.717, 1.165) is 25.1 Å². The molecule has 24 heavy (non-hydrogen) atoms. The lowest BCUT2D eigenvalue weighted by Crippen LogP contribution is -2.30. The quantitative estimate of drug-likeness (QED) is 0.656. The van der Waals surface area contributed by atoms with E-state index >= 15 is 0 Å². The lowest BCUT2D eigenvalue weighted by atomic mass is 10.0. The predicted octanol–water partition coefficient (Wildman–Crippen LogP) is 5.02. The third-order valence-electron chi connectivity index (χ3n) is 4.09. The lowest BCUT2D eigenvalue weighted by Gasteiger charge is -2.20. The number of nitrogens with one attached hydrogen (secondary N) is 1. The van der Waals surface area contributed by atoms with Crippen LogP contribution in [-0.4, -0.2) is 30.4 Å². The van der Waals surface area contributed by atoms with E-state index < -0.39 is 0 Å². The number of hydrogen-bond donors (Lipinski definition) is 2. The molecule has 0 heterocycles. The monoisotopic (exact) mass is 335 g/mol. The molecule has 0 aliphatic heterocycles. The Hall–Kier alpha value is -1.71. The molecule has 4 nitrogen and oxygen atoms in total. The molecule has 3 N–H and O–H groups in total. The molecule has 0 saturated heterocycles.